The van der Waals surface area contributed by atoms with Gasteiger partial charge >= 0.3 is 0 Å². The number of hydrogen-bond acceptors (Lipinski definition) is 4. The van der Waals surface area contributed by atoms with E-state index >= 15 is 0 Å². The Bertz CT molecular complexity index is 838. The third-order valence-electron chi connectivity index (χ3n) is 4.66. The van der Waals surface area contributed by atoms with Gasteiger partial charge in [0.2, 0.25) is 5.91 Å². The molecule has 0 atom stereocenters. The van der Waals surface area contributed by atoms with Gasteiger partial charge in [-0.3, -0.25) is 9.59 Å². The number of rotatable bonds is 3. The molecule has 0 bridgehead atoms. The first-order valence-corrected chi connectivity index (χ1v) is 8.70. The fourth-order valence-electron chi connectivity index (χ4n) is 4.16. The molecule has 1 fully saturated rings. The standard InChI is InChI=1S/C19H26N4O2/c1-18(2)10-12(11-19(3,4)23-18)20-16(24)9-15-13-7-5-6-8-14(13)17(25)22-21-15/h5-8,12,23H,9-11H2,1-4H3,(H,20,24)(H,22,25). The van der Waals surface area contributed by atoms with Gasteiger partial charge in [-0.15, -0.1) is 0 Å². The lowest BCUT2D eigenvalue weighted by atomic mass is 9.79. The van der Waals surface area contributed by atoms with Crippen LogP contribution in [0, 0.1) is 0 Å². The molecule has 0 saturated carbocycles. The van der Waals surface area contributed by atoms with Crippen LogP contribution in [0.5, 0.6) is 0 Å². The number of carbonyl (C=O) groups excluding carboxylic acids is 1. The molecule has 2 heterocycles. The summed E-state index contributed by atoms with van der Waals surface area (Å²) >= 11 is 0. The third-order valence-corrected chi connectivity index (χ3v) is 4.66. The van der Waals surface area contributed by atoms with E-state index in [9.17, 15) is 9.59 Å². The summed E-state index contributed by atoms with van der Waals surface area (Å²) in [7, 11) is 0. The molecule has 1 saturated heterocycles. The van der Waals surface area contributed by atoms with E-state index in [1.165, 1.54) is 0 Å². The molecular weight excluding hydrogens is 316 g/mol. The van der Waals surface area contributed by atoms with Crippen molar-refractivity contribution >= 4 is 16.7 Å². The highest BCUT2D eigenvalue weighted by atomic mass is 16.1. The number of aromatic nitrogens is 2. The smallest absolute Gasteiger partial charge is 0.272 e. The highest BCUT2D eigenvalue weighted by molar-refractivity contribution is 5.88. The molecule has 134 valence electrons. The van der Waals surface area contributed by atoms with Crippen LogP contribution in [0.15, 0.2) is 29.1 Å². The van der Waals surface area contributed by atoms with E-state index < -0.39 is 0 Å². The second-order valence-electron chi connectivity index (χ2n) is 8.29. The van der Waals surface area contributed by atoms with Crippen LogP contribution in [0.1, 0.15) is 46.2 Å². The van der Waals surface area contributed by atoms with E-state index in [1.54, 1.807) is 12.1 Å². The SMILES string of the molecule is CC1(C)CC(NC(=O)Cc2n[nH]c(=O)c3ccccc23)CC(C)(C)N1. The average Bonchev–Trinajstić information content (AvgIpc) is 2.47. The number of nitrogens with zero attached hydrogens (tertiary/aromatic N) is 1. The number of amides is 1. The normalized spacial score (nSPS) is 19.7. The Kier molecular flexibility index (Phi) is 4.41. The zero-order valence-electron chi connectivity index (χ0n) is 15.3. The highest BCUT2D eigenvalue weighted by Crippen LogP contribution is 2.28. The third kappa shape index (κ3) is 4.07. The summed E-state index contributed by atoms with van der Waals surface area (Å²) in [4.78, 5) is 24.4. The van der Waals surface area contributed by atoms with Crippen molar-refractivity contribution in [2.75, 3.05) is 0 Å². The zero-order valence-corrected chi connectivity index (χ0v) is 15.3. The van der Waals surface area contributed by atoms with Crippen LogP contribution in [0.25, 0.3) is 10.8 Å². The summed E-state index contributed by atoms with van der Waals surface area (Å²) < 4.78 is 0. The minimum atomic E-state index is -0.235. The maximum Gasteiger partial charge on any atom is 0.272 e. The van der Waals surface area contributed by atoms with Crippen molar-refractivity contribution in [3.8, 4) is 0 Å². The Labute approximate surface area is 147 Å². The molecule has 3 rings (SSSR count). The van der Waals surface area contributed by atoms with E-state index in [0.717, 1.165) is 18.2 Å². The van der Waals surface area contributed by atoms with Crippen LogP contribution >= 0.6 is 0 Å². The number of fused-ring (bicyclic) bond motifs is 1. The Morgan fingerprint density at radius 2 is 1.76 bits per heavy atom. The molecule has 0 radical (unpaired) electrons. The lowest BCUT2D eigenvalue weighted by Gasteiger charge is -2.46. The highest BCUT2D eigenvalue weighted by Gasteiger charge is 2.38. The molecule has 1 aromatic heterocycles. The van der Waals surface area contributed by atoms with Crippen molar-refractivity contribution in [2.24, 2.45) is 0 Å². The summed E-state index contributed by atoms with van der Waals surface area (Å²) in [5, 5.41) is 14.6. The molecule has 25 heavy (non-hydrogen) atoms. The number of carbonyl (C=O) groups is 1. The summed E-state index contributed by atoms with van der Waals surface area (Å²) in [6.45, 7) is 8.63. The number of benzene rings is 1. The van der Waals surface area contributed by atoms with Crippen molar-refractivity contribution in [3.05, 3.63) is 40.3 Å². The minimum Gasteiger partial charge on any atom is -0.353 e. The summed E-state index contributed by atoms with van der Waals surface area (Å²) in [5.41, 5.74) is 0.312. The summed E-state index contributed by atoms with van der Waals surface area (Å²) in [6, 6.07) is 7.35. The Morgan fingerprint density at radius 1 is 1.16 bits per heavy atom. The van der Waals surface area contributed by atoms with Crippen LogP contribution in [-0.2, 0) is 11.2 Å². The number of hydrogen-bond donors (Lipinski definition) is 3. The summed E-state index contributed by atoms with van der Waals surface area (Å²) in [5.74, 6) is -0.0665. The van der Waals surface area contributed by atoms with Gasteiger partial charge in [0.15, 0.2) is 0 Å². The number of nitrogens with one attached hydrogen (secondary N) is 3. The van der Waals surface area contributed by atoms with Gasteiger partial charge in [0.1, 0.15) is 0 Å². The molecular formula is C19H26N4O2. The number of piperidine rings is 1. The lowest BCUT2D eigenvalue weighted by molar-refractivity contribution is -0.121. The predicted molar refractivity (Wildman–Crippen MR) is 98.5 cm³/mol. The Hall–Kier alpha value is -2.21. The van der Waals surface area contributed by atoms with Crippen molar-refractivity contribution in [2.45, 2.75) is 64.1 Å². The van der Waals surface area contributed by atoms with Crippen molar-refractivity contribution in [1.82, 2.24) is 20.8 Å². The molecule has 6 heteroatoms. The van der Waals surface area contributed by atoms with E-state index in [1.807, 2.05) is 12.1 Å². The molecule has 1 aromatic carbocycles. The largest absolute Gasteiger partial charge is 0.353 e. The van der Waals surface area contributed by atoms with E-state index in [2.05, 4.69) is 48.5 Å². The number of aromatic amines is 1. The molecule has 1 amide bonds. The van der Waals surface area contributed by atoms with Gasteiger partial charge in [-0.05, 0) is 46.6 Å². The number of H-pyrrole nitrogens is 1. The van der Waals surface area contributed by atoms with Crippen LogP contribution < -0.4 is 16.2 Å². The fourth-order valence-corrected chi connectivity index (χ4v) is 4.16. The van der Waals surface area contributed by atoms with E-state index in [-0.39, 0.29) is 35.0 Å². The maximum absolute atomic E-state index is 12.6. The average molecular weight is 342 g/mol. The molecule has 1 aliphatic rings. The van der Waals surface area contributed by atoms with Crippen LogP contribution in [0.2, 0.25) is 0 Å². The zero-order chi connectivity index (χ0) is 18.2. The van der Waals surface area contributed by atoms with Crippen LogP contribution in [0.3, 0.4) is 0 Å². The van der Waals surface area contributed by atoms with Crippen molar-refractivity contribution < 1.29 is 4.79 Å². The molecule has 3 N–H and O–H groups in total. The van der Waals surface area contributed by atoms with E-state index in [4.69, 9.17) is 0 Å². The summed E-state index contributed by atoms with van der Waals surface area (Å²) in [6.07, 6.45) is 1.91. The Morgan fingerprint density at radius 3 is 2.40 bits per heavy atom. The first-order chi connectivity index (χ1) is 11.7. The van der Waals surface area contributed by atoms with Gasteiger partial charge in [0.25, 0.3) is 5.56 Å². The predicted octanol–water partition coefficient (Wildman–Crippen LogP) is 1.89. The van der Waals surface area contributed by atoms with E-state index in [0.29, 0.717) is 11.1 Å². The minimum absolute atomic E-state index is 0.0252. The maximum atomic E-state index is 12.6. The van der Waals surface area contributed by atoms with Gasteiger partial charge in [0.05, 0.1) is 17.5 Å². The van der Waals surface area contributed by atoms with Gasteiger partial charge in [-0.2, -0.15) is 5.10 Å². The Balaban J connectivity index is 1.75. The monoisotopic (exact) mass is 342 g/mol. The lowest BCUT2D eigenvalue weighted by Crippen LogP contribution is -2.62. The second-order valence-corrected chi connectivity index (χ2v) is 8.29. The molecule has 0 spiro atoms. The molecule has 0 unspecified atom stereocenters. The van der Waals surface area contributed by atoms with Gasteiger partial charge in [-0.1, -0.05) is 18.2 Å². The fraction of sp³-hybridized carbons (Fsp3) is 0.526. The molecule has 2 aromatic rings. The van der Waals surface area contributed by atoms with Crippen LogP contribution in [0.4, 0.5) is 0 Å². The second kappa shape index (κ2) is 6.26. The first-order valence-electron chi connectivity index (χ1n) is 8.70. The molecule has 1 aliphatic heterocycles. The molecule has 0 aliphatic carbocycles. The first kappa shape index (κ1) is 17.6. The molecule has 6 nitrogen and oxygen atoms in total. The quantitative estimate of drug-likeness (QED) is 0.795. The van der Waals surface area contributed by atoms with Gasteiger partial charge < -0.3 is 10.6 Å². The van der Waals surface area contributed by atoms with Gasteiger partial charge in [0, 0.05) is 22.5 Å². The topological polar surface area (TPSA) is 86.9 Å². The van der Waals surface area contributed by atoms with Crippen molar-refractivity contribution in [1.29, 1.82) is 0 Å². The van der Waals surface area contributed by atoms with Crippen LogP contribution in [-0.4, -0.2) is 33.2 Å². The van der Waals surface area contributed by atoms with Crippen molar-refractivity contribution in [3.63, 3.8) is 0 Å². The van der Waals surface area contributed by atoms with Gasteiger partial charge in [-0.25, -0.2) is 5.10 Å².